The number of benzene rings is 2. The van der Waals surface area contributed by atoms with E-state index in [2.05, 4.69) is 6.58 Å². The molecular weight excluding hydrogens is 460 g/mol. The molecule has 0 N–H and O–H groups in total. The molecule has 2 aromatic rings. The van der Waals surface area contributed by atoms with E-state index >= 15 is 8.78 Å². The summed E-state index contributed by atoms with van der Waals surface area (Å²) in [4.78, 5) is 0. The fourth-order valence-electron chi connectivity index (χ4n) is 4.99. The molecule has 5 nitrogen and oxygen atoms in total. The van der Waals surface area contributed by atoms with Gasteiger partial charge in [-0.1, -0.05) is 36.4 Å². The van der Waals surface area contributed by atoms with Gasteiger partial charge in [0.15, 0.2) is 0 Å². The molecule has 8 heteroatoms. The first-order chi connectivity index (χ1) is 16.3. The fraction of sp³-hybridized carbons (Fsp3) is 0.462. The Labute approximate surface area is 200 Å². The lowest BCUT2D eigenvalue weighted by atomic mass is 9.85. The molecule has 0 aliphatic carbocycles. The Morgan fingerprint density at radius 3 is 2.53 bits per heavy atom. The summed E-state index contributed by atoms with van der Waals surface area (Å²) >= 11 is 0. The molecule has 0 amide bonds. The van der Waals surface area contributed by atoms with E-state index in [1.54, 1.807) is 18.2 Å². The predicted molar refractivity (Wildman–Crippen MR) is 127 cm³/mol. The molecule has 34 heavy (non-hydrogen) atoms. The fourth-order valence-corrected chi connectivity index (χ4v) is 7.18. The monoisotopic (exact) mass is 491 g/mol. The van der Waals surface area contributed by atoms with Gasteiger partial charge in [-0.3, -0.25) is 0 Å². The molecule has 0 aromatic heterocycles. The number of rotatable bonds is 7. The molecule has 2 unspecified atom stereocenters. The lowest BCUT2D eigenvalue weighted by Gasteiger charge is -2.38. The van der Waals surface area contributed by atoms with Gasteiger partial charge in [0.1, 0.15) is 22.5 Å². The molecule has 0 spiro atoms. The van der Waals surface area contributed by atoms with Crippen LogP contribution in [0.2, 0.25) is 0 Å². The van der Waals surface area contributed by atoms with Gasteiger partial charge in [-0.05, 0) is 37.5 Å². The summed E-state index contributed by atoms with van der Waals surface area (Å²) in [5.41, 5.74) is -0.146. The SMILES string of the molecule is C=CCOC1(c2cc(F)c(CN3C(C)CCC(c4ccccc4)S3(=O)=O)cc2F)CCOCC1. The second-order valence-electron chi connectivity index (χ2n) is 9.05. The van der Waals surface area contributed by atoms with E-state index in [1.165, 1.54) is 4.31 Å². The van der Waals surface area contributed by atoms with Gasteiger partial charge in [-0.25, -0.2) is 17.2 Å². The predicted octanol–water partition coefficient (Wildman–Crippen LogP) is 5.23. The van der Waals surface area contributed by atoms with Gasteiger partial charge in [-0.15, -0.1) is 6.58 Å². The van der Waals surface area contributed by atoms with Gasteiger partial charge in [0.05, 0.1) is 6.61 Å². The highest BCUT2D eigenvalue weighted by Crippen LogP contribution is 2.41. The summed E-state index contributed by atoms with van der Waals surface area (Å²) in [6.07, 6.45) is 3.50. The van der Waals surface area contributed by atoms with Gasteiger partial charge in [0.25, 0.3) is 0 Å². The van der Waals surface area contributed by atoms with Crippen molar-refractivity contribution in [2.45, 2.75) is 56.0 Å². The molecule has 2 fully saturated rings. The maximum atomic E-state index is 15.4. The van der Waals surface area contributed by atoms with Crippen LogP contribution in [0.4, 0.5) is 8.78 Å². The molecule has 2 heterocycles. The van der Waals surface area contributed by atoms with Crippen LogP contribution in [-0.2, 0) is 31.6 Å². The number of ether oxygens (including phenoxy) is 2. The maximum absolute atomic E-state index is 15.4. The Kier molecular flexibility index (Phi) is 7.52. The first-order valence-electron chi connectivity index (χ1n) is 11.6. The minimum absolute atomic E-state index is 0.0105. The summed E-state index contributed by atoms with van der Waals surface area (Å²) in [5, 5.41) is -0.699. The van der Waals surface area contributed by atoms with Crippen molar-refractivity contribution in [3.63, 3.8) is 0 Å². The third-order valence-corrected chi connectivity index (χ3v) is 9.30. The van der Waals surface area contributed by atoms with Crippen LogP contribution in [0.3, 0.4) is 0 Å². The van der Waals surface area contributed by atoms with Gasteiger partial charge in [-0.2, -0.15) is 4.31 Å². The standard InChI is InChI=1S/C26H31F2NO4S/c1-3-13-33-26(11-14-32-15-12-26)22-17-23(27)21(16-24(22)28)18-29-19(2)9-10-25(34(29,30)31)20-7-5-4-6-8-20/h3-8,16-17,19,25H,1,9-15,18H2,2H3. The van der Waals surface area contributed by atoms with Gasteiger partial charge >= 0.3 is 0 Å². The Bertz CT molecular complexity index is 1120. The number of nitrogens with zero attached hydrogens (tertiary/aromatic N) is 1. The third-order valence-electron chi connectivity index (χ3n) is 6.93. The number of halogens is 2. The largest absolute Gasteiger partial charge is 0.381 e. The maximum Gasteiger partial charge on any atom is 0.221 e. The van der Waals surface area contributed by atoms with E-state index < -0.39 is 32.5 Å². The quantitative estimate of drug-likeness (QED) is 0.498. The highest BCUT2D eigenvalue weighted by atomic mass is 32.2. The van der Waals surface area contributed by atoms with Crippen molar-refractivity contribution in [3.8, 4) is 0 Å². The number of hydrogen-bond donors (Lipinski definition) is 0. The average Bonchev–Trinajstić information content (AvgIpc) is 2.83. The molecule has 0 bridgehead atoms. The summed E-state index contributed by atoms with van der Waals surface area (Å²) < 4.78 is 70.3. The minimum atomic E-state index is -3.76. The third kappa shape index (κ3) is 4.82. The van der Waals surface area contributed by atoms with Crippen LogP contribution < -0.4 is 0 Å². The van der Waals surface area contributed by atoms with Crippen LogP contribution in [0, 0.1) is 11.6 Å². The van der Waals surface area contributed by atoms with E-state index in [0.29, 0.717) is 44.5 Å². The minimum Gasteiger partial charge on any atom is -0.381 e. The first-order valence-corrected chi connectivity index (χ1v) is 13.2. The molecule has 2 aliphatic heterocycles. The molecule has 2 atom stereocenters. The summed E-state index contributed by atoms with van der Waals surface area (Å²) in [7, 11) is -3.76. The smallest absolute Gasteiger partial charge is 0.221 e. The highest BCUT2D eigenvalue weighted by Gasteiger charge is 2.42. The molecule has 4 rings (SSSR count). The first kappa shape index (κ1) is 25.0. The number of hydrogen-bond acceptors (Lipinski definition) is 4. The van der Waals surface area contributed by atoms with Crippen molar-refractivity contribution >= 4 is 10.0 Å². The van der Waals surface area contributed by atoms with Crippen molar-refractivity contribution in [1.29, 1.82) is 0 Å². The van der Waals surface area contributed by atoms with Crippen molar-refractivity contribution in [1.82, 2.24) is 4.31 Å². The zero-order chi connectivity index (χ0) is 24.3. The topological polar surface area (TPSA) is 55.8 Å². The molecule has 2 aliphatic rings. The van der Waals surface area contributed by atoms with E-state index in [-0.39, 0.29) is 30.3 Å². The van der Waals surface area contributed by atoms with Crippen LogP contribution >= 0.6 is 0 Å². The Hall–Kier alpha value is -2.13. The lowest BCUT2D eigenvalue weighted by molar-refractivity contribution is -0.109. The second kappa shape index (κ2) is 10.2. The van der Waals surface area contributed by atoms with Crippen LogP contribution in [-0.4, -0.2) is 38.6 Å². The zero-order valence-corrected chi connectivity index (χ0v) is 20.2. The van der Waals surface area contributed by atoms with Crippen LogP contribution in [0.5, 0.6) is 0 Å². The molecule has 2 saturated heterocycles. The van der Waals surface area contributed by atoms with Crippen molar-refractivity contribution in [2.75, 3.05) is 19.8 Å². The van der Waals surface area contributed by atoms with Crippen LogP contribution in [0.1, 0.15) is 54.5 Å². The molecule has 184 valence electrons. The zero-order valence-electron chi connectivity index (χ0n) is 19.4. The van der Waals surface area contributed by atoms with E-state index in [0.717, 1.165) is 12.1 Å². The van der Waals surface area contributed by atoms with Crippen LogP contribution in [0.25, 0.3) is 0 Å². The second-order valence-corrected chi connectivity index (χ2v) is 11.1. The average molecular weight is 492 g/mol. The highest BCUT2D eigenvalue weighted by molar-refractivity contribution is 7.89. The van der Waals surface area contributed by atoms with Crippen molar-refractivity contribution in [3.05, 3.63) is 83.4 Å². The van der Waals surface area contributed by atoms with Gasteiger partial charge in [0.2, 0.25) is 10.0 Å². The lowest BCUT2D eigenvalue weighted by Crippen LogP contribution is -2.45. The summed E-state index contributed by atoms with van der Waals surface area (Å²) in [6.45, 7) is 6.20. The summed E-state index contributed by atoms with van der Waals surface area (Å²) in [6, 6.07) is 11.0. The van der Waals surface area contributed by atoms with Gasteiger partial charge < -0.3 is 9.47 Å². The van der Waals surface area contributed by atoms with Gasteiger partial charge in [0, 0.05) is 49.8 Å². The van der Waals surface area contributed by atoms with Crippen molar-refractivity contribution in [2.24, 2.45) is 0 Å². The normalized spacial score (nSPS) is 24.6. The van der Waals surface area contributed by atoms with E-state index in [9.17, 15) is 8.42 Å². The molecule has 0 radical (unpaired) electrons. The molecule has 0 saturated carbocycles. The van der Waals surface area contributed by atoms with E-state index in [1.807, 2.05) is 25.1 Å². The Balaban J connectivity index is 1.65. The molecule has 2 aromatic carbocycles. The molecular formula is C26H31F2NO4S. The van der Waals surface area contributed by atoms with Crippen LogP contribution in [0.15, 0.2) is 55.1 Å². The Morgan fingerprint density at radius 1 is 1.15 bits per heavy atom. The Morgan fingerprint density at radius 2 is 1.85 bits per heavy atom. The van der Waals surface area contributed by atoms with E-state index in [4.69, 9.17) is 9.47 Å². The summed E-state index contributed by atoms with van der Waals surface area (Å²) in [5.74, 6) is -1.25. The number of sulfonamides is 1. The van der Waals surface area contributed by atoms with Crippen molar-refractivity contribution < 1.29 is 26.7 Å².